The summed E-state index contributed by atoms with van der Waals surface area (Å²) in [6.07, 6.45) is 1.55. The third kappa shape index (κ3) is 3.23. The number of carbonyl (C=O) groups excluding carboxylic acids is 2. The van der Waals surface area contributed by atoms with Gasteiger partial charge in [-0.1, -0.05) is 29.3 Å². The molecule has 1 heterocycles. The van der Waals surface area contributed by atoms with Gasteiger partial charge in [0.25, 0.3) is 0 Å². The molecule has 1 aliphatic rings. The number of Topliss-reactive ketones (excluding diaryl/α,β-unsaturated/α-hetero) is 1. The van der Waals surface area contributed by atoms with Crippen molar-refractivity contribution in [3.8, 4) is 11.5 Å². The molecule has 0 saturated heterocycles. The lowest BCUT2D eigenvalue weighted by Gasteiger charge is -2.03. The van der Waals surface area contributed by atoms with Crippen LogP contribution in [0.1, 0.15) is 22.8 Å². The maximum absolute atomic E-state index is 12.3. The average molecular weight is 349 g/mol. The van der Waals surface area contributed by atoms with Crippen LogP contribution in [0.4, 0.5) is 0 Å². The Balaban J connectivity index is 1.93. The highest BCUT2D eigenvalue weighted by atomic mass is 35.5. The van der Waals surface area contributed by atoms with E-state index in [0.717, 1.165) is 0 Å². The molecule has 0 amide bonds. The first-order valence-corrected chi connectivity index (χ1v) is 7.41. The first-order valence-electron chi connectivity index (χ1n) is 6.66. The van der Waals surface area contributed by atoms with Crippen molar-refractivity contribution in [2.75, 3.05) is 0 Å². The zero-order valence-corrected chi connectivity index (χ0v) is 13.4. The second-order valence-corrected chi connectivity index (χ2v) is 5.70. The SMILES string of the molecule is CC(=O)Oc1ccc2c(c1)OC(=Cc1ccc(Cl)cc1Cl)C2=O. The van der Waals surface area contributed by atoms with E-state index in [2.05, 4.69) is 0 Å². The smallest absolute Gasteiger partial charge is 0.308 e. The second kappa shape index (κ2) is 6.07. The number of ether oxygens (including phenoxy) is 2. The molecule has 0 bridgehead atoms. The minimum Gasteiger partial charge on any atom is -0.452 e. The highest BCUT2D eigenvalue weighted by Gasteiger charge is 2.28. The Morgan fingerprint density at radius 1 is 1.17 bits per heavy atom. The van der Waals surface area contributed by atoms with Crippen LogP contribution < -0.4 is 9.47 Å². The van der Waals surface area contributed by atoms with Gasteiger partial charge in [-0.05, 0) is 35.9 Å². The van der Waals surface area contributed by atoms with E-state index in [9.17, 15) is 9.59 Å². The lowest BCUT2D eigenvalue weighted by Crippen LogP contribution is -2.01. The van der Waals surface area contributed by atoms with Crippen molar-refractivity contribution in [1.29, 1.82) is 0 Å². The van der Waals surface area contributed by atoms with Gasteiger partial charge in [0.2, 0.25) is 5.78 Å². The van der Waals surface area contributed by atoms with Gasteiger partial charge in [0.15, 0.2) is 5.76 Å². The number of allylic oxidation sites excluding steroid dienone is 1. The fraction of sp³-hybridized carbons (Fsp3) is 0.0588. The number of halogens is 2. The third-order valence-electron chi connectivity index (χ3n) is 3.15. The van der Waals surface area contributed by atoms with Gasteiger partial charge < -0.3 is 9.47 Å². The van der Waals surface area contributed by atoms with Gasteiger partial charge in [0.1, 0.15) is 11.5 Å². The van der Waals surface area contributed by atoms with Crippen LogP contribution in [0, 0.1) is 0 Å². The molecule has 0 atom stereocenters. The Labute approximate surface area is 142 Å². The summed E-state index contributed by atoms with van der Waals surface area (Å²) in [4.78, 5) is 23.3. The molecule has 4 nitrogen and oxygen atoms in total. The van der Waals surface area contributed by atoms with Gasteiger partial charge in [-0.3, -0.25) is 9.59 Å². The maximum atomic E-state index is 12.3. The van der Waals surface area contributed by atoms with Gasteiger partial charge >= 0.3 is 5.97 Å². The van der Waals surface area contributed by atoms with E-state index in [1.54, 1.807) is 36.4 Å². The van der Waals surface area contributed by atoms with Crippen molar-refractivity contribution < 1.29 is 19.1 Å². The number of esters is 1. The van der Waals surface area contributed by atoms with Crippen molar-refractivity contribution in [1.82, 2.24) is 0 Å². The normalized spacial score (nSPS) is 14.6. The standard InChI is InChI=1S/C17H10Cl2O4/c1-9(20)22-12-4-5-13-15(8-12)23-16(17(13)21)6-10-2-3-11(18)7-14(10)19/h2-8H,1H3. The molecule has 0 aliphatic carbocycles. The first-order chi connectivity index (χ1) is 10.9. The van der Waals surface area contributed by atoms with Gasteiger partial charge in [-0.2, -0.15) is 0 Å². The average Bonchev–Trinajstić information content (AvgIpc) is 2.77. The highest BCUT2D eigenvalue weighted by molar-refractivity contribution is 6.35. The number of fused-ring (bicyclic) bond motifs is 1. The molecule has 116 valence electrons. The lowest BCUT2D eigenvalue weighted by molar-refractivity contribution is -0.131. The number of rotatable bonds is 2. The van der Waals surface area contributed by atoms with Crippen LogP contribution in [-0.2, 0) is 4.79 Å². The summed E-state index contributed by atoms with van der Waals surface area (Å²) in [5, 5.41) is 0.920. The van der Waals surface area contributed by atoms with Gasteiger partial charge in [0, 0.05) is 23.0 Å². The molecule has 2 aromatic rings. The van der Waals surface area contributed by atoms with E-state index in [-0.39, 0.29) is 11.5 Å². The number of benzene rings is 2. The zero-order valence-electron chi connectivity index (χ0n) is 11.9. The summed E-state index contributed by atoms with van der Waals surface area (Å²) >= 11 is 11.9. The Hall–Kier alpha value is -2.30. The third-order valence-corrected chi connectivity index (χ3v) is 3.71. The topological polar surface area (TPSA) is 52.6 Å². The molecule has 0 fully saturated rings. The summed E-state index contributed by atoms with van der Waals surface area (Å²) in [5.74, 6) is 0.0856. The van der Waals surface area contributed by atoms with E-state index >= 15 is 0 Å². The molecule has 0 N–H and O–H groups in total. The molecule has 0 unspecified atom stereocenters. The Morgan fingerprint density at radius 3 is 2.65 bits per heavy atom. The number of ketones is 1. The van der Waals surface area contributed by atoms with E-state index in [4.69, 9.17) is 32.7 Å². The van der Waals surface area contributed by atoms with Gasteiger partial charge in [-0.15, -0.1) is 0 Å². The second-order valence-electron chi connectivity index (χ2n) is 4.86. The van der Waals surface area contributed by atoms with Crippen molar-refractivity contribution in [2.45, 2.75) is 6.92 Å². The van der Waals surface area contributed by atoms with Crippen molar-refractivity contribution in [3.63, 3.8) is 0 Å². The van der Waals surface area contributed by atoms with E-state index < -0.39 is 5.97 Å². The molecule has 0 aromatic heterocycles. The number of hydrogen-bond acceptors (Lipinski definition) is 4. The predicted molar refractivity (Wildman–Crippen MR) is 87.1 cm³/mol. The summed E-state index contributed by atoms with van der Waals surface area (Å²) in [6.45, 7) is 1.30. The summed E-state index contributed by atoms with van der Waals surface area (Å²) in [7, 11) is 0. The van der Waals surface area contributed by atoms with Gasteiger partial charge in [0.05, 0.1) is 5.56 Å². The fourth-order valence-corrected chi connectivity index (χ4v) is 2.62. The van der Waals surface area contributed by atoms with Crippen LogP contribution in [-0.4, -0.2) is 11.8 Å². The van der Waals surface area contributed by atoms with Crippen molar-refractivity contribution in [3.05, 3.63) is 63.3 Å². The summed E-state index contributed by atoms with van der Waals surface area (Å²) in [6, 6.07) is 9.55. The van der Waals surface area contributed by atoms with E-state index in [1.807, 2.05) is 0 Å². The van der Waals surface area contributed by atoms with Crippen molar-refractivity contribution in [2.24, 2.45) is 0 Å². The van der Waals surface area contributed by atoms with Crippen LogP contribution in [0.3, 0.4) is 0 Å². The molecular weight excluding hydrogens is 339 g/mol. The largest absolute Gasteiger partial charge is 0.452 e. The van der Waals surface area contributed by atoms with E-state index in [1.165, 1.54) is 13.0 Å². The summed E-state index contributed by atoms with van der Waals surface area (Å²) < 4.78 is 10.5. The van der Waals surface area contributed by atoms with Gasteiger partial charge in [-0.25, -0.2) is 0 Å². The Kier molecular flexibility index (Phi) is 4.11. The minimum absolute atomic E-state index is 0.143. The predicted octanol–water partition coefficient (Wildman–Crippen LogP) is 4.53. The molecule has 0 saturated carbocycles. The molecule has 23 heavy (non-hydrogen) atoms. The zero-order chi connectivity index (χ0) is 16.6. The minimum atomic E-state index is -0.446. The van der Waals surface area contributed by atoms with E-state index in [0.29, 0.717) is 32.7 Å². The molecule has 6 heteroatoms. The number of carbonyl (C=O) groups is 2. The quantitative estimate of drug-likeness (QED) is 0.454. The summed E-state index contributed by atoms with van der Waals surface area (Å²) in [5.41, 5.74) is 1.02. The molecule has 2 aromatic carbocycles. The molecule has 1 aliphatic heterocycles. The van der Waals surface area contributed by atoms with Crippen LogP contribution in [0.5, 0.6) is 11.5 Å². The molecule has 3 rings (SSSR count). The Bertz CT molecular complexity index is 856. The monoisotopic (exact) mass is 348 g/mol. The molecule has 0 spiro atoms. The van der Waals surface area contributed by atoms with Crippen molar-refractivity contribution >= 4 is 41.0 Å². The first kappa shape index (κ1) is 15.6. The highest BCUT2D eigenvalue weighted by Crippen LogP contribution is 2.35. The van der Waals surface area contributed by atoms with Crippen LogP contribution in [0.25, 0.3) is 6.08 Å². The fourth-order valence-electron chi connectivity index (χ4n) is 2.16. The maximum Gasteiger partial charge on any atom is 0.308 e. The number of hydrogen-bond donors (Lipinski definition) is 0. The van der Waals surface area contributed by atoms with Crippen LogP contribution in [0.15, 0.2) is 42.2 Å². The molecular formula is C17H10Cl2O4. The van der Waals surface area contributed by atoms with Crippen LogP contribution in [0.2, 0.25) is 10.0 Å². The van der Waals surface area contributed by atoms with Crippen LogP contribution >= 0.6 is 23.2 Å². The molecule has 0 radical (unpaired) electrons. The lowest BCUT2D eigenvalue weighted by atomic mass is 10.1. The Morgan fingerprint density at radius 2 is 1.96 bits per heavy atom.